The maximum absolute atomic E-state index is 13.9. The number of aromatic nitrogens is 1. The van der Waals surface area contributed by atoms with Gasteiger partial charge in [0.25, 0.3) is 5.95 Å². The number of ether oxygens (including phenoxy) is 3. The van der Waals surface area contributed by atoms with Gasteiger partial charge in [-0.2, -0.15) is 0 Å². The third-order valence-electron chi connectivity index (χ3n) is 5.91. The monoisotopic (exact) mass is 541 g/mol. The van der Waals surface area contributed by atoms with Crippen molar-refractivity contribution in [2.24, 2.45) is 7.05 Å². The van der Waals surface area contributed by atoms with Gasteiger partial charge in [-0.15, -0.1) is 0 Å². The number of phenolic OH excluding ortho intramolecular Hbond substituents is 4. The van der Waals surface area contributed by atoms with E-state index in [0.29, 0.717) is 0 Å². The van der Waals surface area contributed by atoms with Crippen molar-refractivity contribution in [2.75, 3.05) is 20.3 Å². The Bertz CT molecular complexity index is 1770. The first-order chi connectivity index (χ1) is 18.5. The SMILES string of the molecule is CCOC(=O)c1c(O)c(O)cc2oc(OCCC(=O)OC)c(-c3cn(C)c4cc(O)c(O)cc4c3=O)c(=O)c12. The van der Waals surface area contributed by atoms with Crippen molar-refractivity contribution < 1.29 is 48.6 Å². The van der Waals surface area contributed by atoms with Crippen LogP contribution in [0.25, 0.3) is 33.0 Å². The summed E-state index contributed by atoms with van der Waals surface area (Å²) in [6.45, 7) is 1.03. The number of nitrogens with zero attached hydrogens (tertiary/aromatic N) is 1. The minimum Gasteiger partial charge on any atom is -0.504 e. The van der Waals surface area contributed by atoms with E-state index >= 15 is 0 Å². The molecule has 0 saturated heterocycles. The minimum atomic E-state index is -1.14. The van der Waals surface area contributed by atoms with Crippen molar-refractivity contribution in [3.8, 4) is 40.1 Å². The number of pyridine rings is 1. The van der Waals surface area contributed by atoms with Crippen LogP contribution in [0.5, 0.6) is 28.9 Å². The second-order valence-electron chi connectivity index (χ2n) is 8.32. The van der Waals surface area contributed by atoms with Gasteiger partial charge < -0.3 is 43.6 Å². The van der Waals surface area contributed by atoms with E-state index in [1.54, 1.807) is 0 Å². The molecule has 0 unspecified atom stereocenters. The van der Waals surface area contributed by atoms with E-state index in [2.05, 4.69) is 4.74 Å². The number of hydrogen-bond acceptors (Lipinski definition) is 12. The van der Waals surface area contributed by atoms with Crippen LogP contribution >= 0.6 is 0 Å². The van der Waals surface area contributed by atoms with Crippen molar-refractivity contribution in [2.45, 2.75) is 13.3 Å². The summed E-state index contributed by atoms with van der Waals surface area (Å²) in [5, 5.41) is 39.9. The quantitative estimate of drug-likeness (QED) is 0.197. The Kier molecular flexibility index (Phi) is 7.08. The smallest absolute Gasteiger partial charge is 0.342 e. The first kappa shape index (κ1) is 26.9. The Morgan fingerprint density at radius 3 is 2.36 bits per heavy atom. The Hall–Kier alpha value is -5.20. The zero-order chi connectivity index (χ0) is 28.6. The van der Waals surface area contributed by atoms with Gasteiger partial charge in [0.2, 0.25) is 5.43 Å². The molecule has 0 aliphatic rings. The highest BCUT2D eigenvalue weighted by Gasteiger charge is 2.29. The van der Waals surface area contributed by atoms with Crippen LogP contribution in [-0.2, 0) is 21.3 Å². The molecule has 0 bridgehead atoms. The fourth-order valence-electron chi connectivity index (χ4n) is 4.06. The molecule has 0 fully saturated rings. The Morgan fingerprint density at radius 1 is 1.00 bits per heavy atom. The van der Waals surface area contributed by atoms with E-state index in [-0.39, 0.29) is 41.7 Å². The molecular formula is C26H23NO12. The lowest BCUT2D eigenvalue weighted by Crippen LogP contribution is -2.19. The van der Waals surface area contributed by atoms with Gasteiger partial charge in [-0.1, -0.05) is 0 Å². The summed E-state index contributed by atoms with van der Waals surface area (Å²) in [5.41, 5.74) is -3.39. The van der Waals surface area contributed by atoms with Gasteiger partial charge in [0, 0.05) is 25.4 Å². The van der Waals surface area contributed by atoms with Gasteiger partial charge in [-0.05, 0) is 13.0 Å². The molecule has 13 nitrogen and oxygen atoms in total. The predicted octanol–water partition coefficient (Wildman–Crippen LogP) is 2.25. The molecule has 0 amide bonds. The highest BCUT2D eigenvalue weighted by atomic mass is 16.6. The molecule has 4 N–H and O–H groups in total. The average Bonchev–Trinajstić information content (AvgIpc) is 2.89. The lowest BCUT2D eigenvalue weighted by Gasteiger charge is -2.15. The fourth-order valence-corrected chi connectivity index (χ4v) is 4.06. The number of esters is 2. The van der Waals surface area contributed by atoms with Crippen LogP contribution in [0.3, 0.4) is 0 Å². The summed E-state index contributed by atoms with van der Waals surface area (Å²) in [4.78, 5) is 51.8. The largest absolute Gasteiger partial charge is 0.504 e. The van der Waals surface area contributed by atoms with Crippen LogP contribution in [0, 0.1) is 0 Å². The minimum absolute atomic E-state index is 0.0792. The van der Waals surface area contributed by atoms with Crippen LogP contribution in [0.4, 0.5) is 0 Å². The zero-order valence-corrected chi connectivity index (χ0v) is 20.9. The highest BCUT2D eigenvalue weighted by Crippen LogP contribution is 2.39. The summed E-state index contributed by atoms with van der Waals surface area (Å²) in [5.74, 6) is -5.09. The molecule has 0 aliphatic heterocycles. The molecule has 13 heteroatoms. The number of methoxy groups -OCH3 is 1. The second kappa shape index (κ2) is 10.3. The summed E-state index contributed by atoms with van der Waals surface area (Å²) in [6, 6.07) is 3.06. The molecule has 4 rings (SSSR count). The summed E-state index contributed by atoms with van der Waals surface area (Å²) >= 11 is 0. The van der Waals surface area contributed by atoms with Crippen molar-refractivity contribution in [1.29, 1.82) is 0 Å². The Balaban J connectivity index is 2.11. The van der Waals surface area contributed by atoms with Gasteiger partial charge >= 0.3 is 11.9 Å². The molecule has 204 valence electrons. The Morgan fingerprint density at radius 2 is 1.69 bits per heavy atom. The molecular weight excluding hydrogens is 518 g/mol. The van der Waals surface area contributed by atoms with E-state index in [0.717, 1.165) is 18.2 Å². The summed E-state index contributed by atoms with van der Waals surface area (Å²) in [6.07, 6.45) is 0.992. The molecule has 39 heavy (non-hydrogen) atoms. The number of benzene rings is 2. The molecule has 0 saturated carbocycles. The van der Waals surface area contributed by atoms with E-state index in [1.807, 2.05) is 0 Å². The molecule has 2 aromatic carbocycles. The van der Waals surface area contributed by atoms with E-state index in [1.165, 1.54) is 31.8 Å². The van der Waals surface area contributed by atoms with Gasteiger partial charge in [0.05, 0.1) is 42.0 Å². The Labute approximate surface area is 218 Å². The third-order valence-corrected chi connectivity index (χ3v) is 5.91. The van der Waals surface area contributed by atoms with Crippen LogP contribution < -0.4 is 15.6 Å². The van der Waals surface area contributed by atoms with Crippen LogP contribution in [0.1, 0.15) is 23.7 Å². The van der Waals surface area contributed by atoms with Crippen molar-refractivity contribution >= 4 is 33.8 Å². The maximum atomic E-state index is 13.9. The standard InChI is InChI=1S/C26H23NO12/c1-4-37-25(35)21-20-17(9-16(30)23(21)33)39-26(38-6-5-18(31)36-3)19(24(20)34)12-10-27(2)13-8-15(29)14(28)7-11(13)22(12)32/h7-10,28-30,33H,4-6H2,1-3H3. The average molecular weight is 541 g/mol. The number of carbonyl (C=O) groups is 2. The molecule has 4 aromatic rings. The first-order valence-corrected chi connectivity index (χ1v) is 11.5. The number of fused-ring (bicyclic) bond motifs is 2. The lowest BCUT2D eigenvalue weighted by atomic mass is 10.00. The molecule has 0 atom stereocenters. The van der Waals surface area contributed by atoms with Crippen LogP contribution in [-0.4, -0.2) is 57.3 Å². The number of aryl methyl sites for hydroxylation is 1. The van der Waals surface area contributed by atoms with Crippen LogP contribution in [0.2, 0.25) is 0 Å². The van der Waals surface area contributed by atoms with Crippen molar-refractivity contribution in [3.63, 3.8) is 0 Å². The zero-order valence-electron chi connectivity index (χ0n) is 20.9. The summed E-state index contributed by atoms with van der Waals surface area (Å²) in [7, 11) is 2.68. The second-order valence-corrected chi connectivity index (χ2v) is 8.32. The van der Waals surface area contributed by atoms with E-state index in [4.69, 9.17) is 13.9 Å². The van der Waals surface area contributed by atoms with Crippen molar-refractivity contribution in [1.82, 2.24) is 4.57 Å². The third kappa shape index (κ3) is 4.65. The molecule has 0 spiro atoms. The summed E-state index contributed by atoms with van der Waals surface area (Å²) < 4.78 is 22.2. The van der Waals surface area contributed by atoms with E-state index in [9.17, 15) is 39.6 Å². The lowest BCUT2D eigenvalue weighted by molar-refractivity contribution is -0.141. The topological polar surface area (TPSA) is 195 Å². The number of aromatic hydroxyl groups is 4. The van der Waals surface area contributed by atoms with Gasteiger partial charge in [-0.3, -0.25) is 14.4 Å². The van der Waals surface area contributed by atoms with Gasteiger partial charge in [0.15, 0.2) is 28.4 Å². The van der Waals surface area contributed by atoms with Crippen molar-refractivity contribution in [3.05, 3.63) is 50.4 Å². The fraction of sp³-hybridized carbons (Fsp3) is 0.231. The van der Waals surface area contributed by atoms with Crippen LogP contribution in [0.15, 0.2) is 38.4 Å². The molecule has 2 aromatic heterocycles. The molecule has 2 heterocycles. The number of rotatable bonds is 7. The molecule has 0 aliphatic carbocycles. The van der Waals surface area contributed by atoms with Gasteiger partial charge in [0.1, 0.15) is 23.3 Å². The molecule has 0 radical (unpaired) electrons. The highest BCUT2D eigenvalue weighted by molar-refractivity contribution is 6.07. The van der Waals surface area contributed by atoms with Gasteiger partial charge in [-0.25, -0.2) is 4.79 Å². The number of phenols is 4. The first-order valence-electron chi connectivity index (χ1n) is 11.5. The predicted molar refractivity (Wildman–Crippen MR) is 135 cm³/mol. The van der Waals surface area contributed by atoms with E-state index < -0.39 is 68.3 Å². The number of hydrogen-bond donors (Lipinski definition) is 4. The maximum Gasteiger partial charge on any atom is 0.342 e. The number of carbonyl (C=O) groups excluding carboxylic acids is 2. The normalized spacial score (nSPS) is 11.1.